The lowest BCUT2D eigenvalue weighted by molar-refractivity contribution is 0.183. The summed E-state index contributed by atoms with van der Waals surface area (Å²) < 4.78 is 6.09. The monoisotopic (exact) mass is 253 g/mol. The predicted octanol–water partition coefficient (Wildman–Crippen LogP) is 3.26. The maximum Gasteiger partial charge on any atom is 0.123 e. The zero-order valence-electron chi connectivity index (χ0n) is 11.4. The van der Waals surface area contributed by atoms with E-state index in [1.54, 1.807) is 0 Å². The molecule has 2 nitrogen and oxygen atoms in total. The highest BCUT2D eigenvalue weighted by Crippen LogP contribution is 2.34. The highest BCUT2D eigenvalue weighted by atomic mass is 16.5. The molecule has 2 heteroatoms. The number of ether oxygens (including phenoxy) is 1. The minimum absolute atomic E-state index is 0.171. The first-order valence-electron chi connectivity index (χ1n) is 6.76. The van der Waals surface area contributed by atoms with Gasteiger partial charge in [-0.15, -0.1) is 0 Å². The molecule has 0 aromatic heterocycles. The standard InChI is InChI=1S/C17H19NO/c1-12-6-5-8-14(10-12)17(18-2)16-11-13-7-3-4-9-15(13)19-16/h3-10,16-18H,11H2,1-2H3. The second-order valence-corrected chi connectivity index (χ2v) is 5.15. The summed E-state index contributed by atoms with van der Waals surface area (Å²) in [6, 6.07) is 17.2. The zero-order chi connectivity index (χ0) is 13.2. The third kappa shape index (κ3) is 2.36. The third-order valence-corrected chi connectivity index (χ3v) is 3.76. The van der Waals surface area contributed by atoms with Gasteiger partial charge in [-0.2, -0.15) is 0 Å². The van der Waals surface area contributed by atoms with Crippen LogP contribution in [0.3, 0.4) is 0 Å². The predicted molar refractivity (Wildman–Crippen MR) is 77.5 cm³/mol. The third-order valence-electron chi connectivity index (χ3n) is 3.76. The molecule has 98 valence electrons. The largest absolute Gasteiger partial charge is 0.488 e. The summed E-state index contributed by atoms with van der Waals surface area (Å²) in [5.41, 5.74) is 3.88. The van der Waals surface area contributed by atoms with Gasteiger partial charge in [0.15, 0.2) is 0 Å². The van der Waals surface area contributed by atoms with Crippen LogP contribution < -0.4 is 10.1 Å². The lowest BCUT2D eigenvalue weighted by Crippen LogP contribution is -2.32. The number of aryl methyl sites for hydroxylation is 1. The number of rotatable bonds is 3. The van der Waals surface area contributed by atoms with Gasteiger partial charge < -0.3 is 10.1 Å². The van der Waals surface area contributed by atoms with Gasteiger partial charge in [-0.1, -0.05) is 48.0 Å². The molecule has 0 aliphatic carbocycles. The Morgan fingerprint density at radius 3 is 2.74 bits per heavy atom. The van der Waals surface area contributed by atoms with Gasteiger partial charge in [0.25, 0.3) is 0 Å². The van der Waals surface area contributed by atoms with E-state index in [0.29, 0.717) is 0 Å². The van der Waals surface area contributed by atoms with Gasteiger partial charge in [-0.3, -0.25) is 0 Å². The lowest BCUT2D eigenvalue weighted by atomic mass is 9.97. The first-order valence-corrected chi connectivity index (χ1v) is 6.76. The Hall–Kier alpha value is -1.80. The summed E-state index contributed by atoms with van der Waals surface area (Å²) >= 11 is 0. The Morgan fingerprint density at radius 1 is 1.16 bits per heavy atom. The van der Waals surface area contributed by atoms with Gasteiger partial charge in [0.05, 0.1) is 6.04 Å². The molecule has 1 aliphatic heterocycles. The van der Waals surface area contributed by atoms with E-state index >= 15 is 0 Å². The fraction of sp³-hybridized carbons (Fsp3) is 0.294. The smallest absolute Gasteiger partial charge is 0.123 e. The number of hydrogen-bond donors (Lipinski definition) is 1. The molecule has 0 amide bonds. The van der Waals surface area contributed by atoms with Gasteiger partial charge in [0.2, 0.25) is 0 Å². The zero-order valence-corrected chi connectivity index (χ0v) is 11.4. The minimum Gasteiger partial charge on any atom is -0.488 e. The van der Waals surface area contributed by atoms with Crippen LogP contribution in [0.5, 0.6) is 5.75 Å². The molecule has 3 rings (SSSR count). The van der Waals surface area contributed by atoms with Crippen LogP contribution in [0.15, 0.2) is 48.5 Å². The van der Waals surface area contributed by atoms with Gasteiger partial charge in [0.1, 0.15) is 11.9 Å². The normalized spacial score (nSPS) is 18.7. The first kappa shape index (κ1) is 12.2. The molecule has 0 bridgehead atoms. The summed E-state index contributed by atoms with van der Waals surface area (Å²) in [5.74, 6) is 1.03. The van der Waals surface area contributed by atoms with E-state index in [9.17, 15) is 0 Å². The molecule has 19 heavy (non-hydrogen) atoms. The molecule has 0 radical (unpaired) electrons. The van der Waals surface area contributed by atoms with Gasteiger partial charge in [-0.25, -0.2) is 0 Å². The van der Waals surface area contributed by atoms with Crippen LogP contribution in [0, 0.1) is 6.92 Å². The van der Waals surface area contributed by atoms with Crippen molar-refractivity contribution in [2.75, 3.05) is 7.05 Å². The number of likely N-dealkylation sites (N-methyl/N-ethyl adjacent to an activating group) is 1. The van der Waals surface area contributed by atoms with Crippen molar-refractivity contribution in [2.45, 2.75) is 25.5 Å². The van der Waals surface area contributed by atoms with Crippen LogP contribution in [0.4, 0.5) is 0 Å². The quantitative estimate of drug-likeness (QED) is 0.906. The Balaban J connectivity index is 1.86. The highest BCUT2D eigenvalue weighted by molar-refractivity contribution is 5.39. The van der Waals surface area contributed by atoms with Crippen molar-refractivity contribution in [3.8, 4) is 5.75 Å². The molecule has 1 aliphatic rings. The van der Waals surface area contributed by atoms with Gasteiger partial charge in [-0.05, 0) is 31.2 Å². The molecule has 0 saturated heterocycles. The fourth-order valence-corrected chi connectivity index (χ4v) is 2.83. The Kier molecular flexibility index (Phi) is 3.26. The maximum atomic E-state index is 6.09. The molecule has 2 unspecified atom stereocenters. The summed E-state index contributed by atoms with van der Waals surface area (Å²) in [5, 5.41) is 3.40. The summed E-state index contributed by atoms with van der Waals surface area (Å²) in [6.07, 6.45) is 1.14. The van der Waals surface area contributed by atoms with Crippen LogP contribution >= 0.6 is 0 Å². The maximum absolute atomic E-state index is 6.09. The Morgan fingerprint density at radius 2 is 2.00 bits per heavy atom. The van der Waals surface area contributed by atoms with E-state index in [-0.39, 0.29) is 12.1 Å². The van der Waals surface area contributed by atoms with E-state index in [2.05, 4.69) is 54.7 Å². The molecule has 2 aromatic carbocycles. The van der Waals surface area contributed by atoms with Crippen LogP contribution in [-0.2, 0) is 6.42 Å². The van der Waals surface area contributed by atoms with E-state index in [0.717, 1.165) is 12.2 Å². The second-order valence-electron chi connectivity index (χ2n) is 5.15. The van der Waals surface area contributed by atoms with Crippen molar-refractivity contribution in [1.82, 2.24) is 5.32 Å². The molecule has 1 heterocycles. The molecule has 0 fully saturated rings. The second kappa shape index (κ2) is 5.06. The van der Waals surface area contributed by atoms with Gasteiger partial charge in [0, 0.05) is 6.42 Å². The summed E-state index contributed by atoms with van der Waals surface area (Å²) in [4.78, 5) is 0. The number of para-hydroxylation sites is 1. The first-order chi connectivity index (χ1) is 9.28. The Bertz CT molecular complexity index is 554. The van der Waals surface area contributed by atoms with Crippen LogP contribution in [-0.4, -0.2) is 13.2 Å². The van der Waals surface area contributed by atoms with Crippen molar-refractivity contribution in [2.24, 2.45) is 0 Å². The molecule has 0 saturated carbocycles. The minimum atomic E-state index is 0.171. The van der Waals surface area contributed by atoms with E-state index < -0.39 is 0 Å². The van der Waals surface area contributed by atoms with Crippen molar-refractivity contribution in [1.29, 1.82) is 0 Å². The molecular formula is C17H19NO. The van der Waals surface area contributed by atoms with E-state index in [1.807, 2.05) is 13.1 Å². The molecule has 2 aromatic rings. The van der Waals surface area contributed by atoms with Crippen LogP contribution in [0.1, 0.15) is 22.7 Å². The highest BCUT2D eigenvalue weighted by Gasteiger charge is 2.30. The van der Waals surface area contributed by atoms with Crippen molar-refractivity contribution < 1.29 is 4.74 Å². The number of benzene rings is 2. The van der Waals surface area contributed by atoms with Crippen molar-refractivity contribution >= 4 is 0 Å². The topological polar surface area (TPSA) is 21.3 Å². The average molecular weight is 253 g/mol. The molecular weight excluding hydrogens is 234 g/mol. The molecule has 1 N–H and O–H groups in total. The summed E-state index contributed by atoms with van der Waals surface area (Å²) in [7, 11) is 2.00. The van der Waals surface area contributed by atoms with Crippen molar-refractivity contribution in [3.05, 3.63) is 65.2 Å². The number of hydrogen-bond acceptors (Lipinski definition) is 2. The van der Waals surface area contributed by atoms with E-state index in [1.165, 1.54) is 16.7 Å². The molecule has 2 atom stereocenters. The van der Waals surface area contributed by atoms with Gasteiger partial charge >= 0.3 is 0 Å². The molecule has 0 spiro atoms. The summed E-state index contributed by atoms with van der Waals surface area (Å²) in [6.45, 7) is 2.13. The lowest BCUT2D eigenvalue weighted by Gasteiger charge is -2.23. The SMILES string of the molecule is CNC(c1cccc(C)c1)C1Cc2ccccc2O1. The van der Waals surface area contributed by atoms with Crippen LogP contribution in [0.2, 0.25) is 0 Å². The van der Waals surface area contributed by atoms with Crippen molar-refractivity contribution in [3.63, 3.8) is 0 Å². The number of nitrogens with one attached hydrogen (secondary N) is 1. The van der Waals surface area contributed by atoms with E-state index in [4.69, 9.17) is 4.74 Å². The average Bonchev–Trinajstić information content (AvgIpc) is 2.83. The van der Waals surface area contributed by atoms with Crippen LogP contribution in [0.25, 0.3) is 0 Å². The Labute approximate surface area is 114 Å². The number of fused-ring (bicyclic) bond motifs is 1. The fourth-order valence-electron chi connectivity index (χ4n) is 2.83.